The molecule has 144 valence electrons. The van der Waals surface area contributed by atoms with Gasteiger partial charge in [0.1, 0.15) is 5.69 Å². The number of aromatic carboxylic acids is 1. The van der Waals surface area contributed by atoms with Gasteiger partial charge in [0, 0.05) is 18.2 Å². The summed E-state index contributed by atoms with van der Waals surface area (Å²) in [5, 5.41) is 23.0. The maximum absolute atomic E-state index is 11.0. The predicted octanol–water partition coefficient (Wildman–Crippen LogP) is 4.32. The lowest BCUT2D eigenvalue weighted by Gasteiger charge is -2.23. The Balaban J connectivity index is 0.000000290. The van der Waals surface area contributed by atoms with Gasteiger partial charge in [-0.05, 0) is 37.8 Å². The van der Waals surface area contributed by atoms with E-state index in [4.69, 9.17) is 10.8 Å². The number of hydrogen-bond donors (Lipinski definition) is 3. The molecule has 0 heterocycles. The fourth-order valence-corrected chi connectivity index (χ4v) is 3.54. The normalized spacial score (nSPS) is 18.5. The second-order valence-electron chi connectivity index (χ2n) is 7.17. The lowest BCUT2D eigenvalue weighted by Crippen LogP contribution is -2.22. The molecule has 2 fully saturated rings. The highest BCUT2D eigenvalue weighted by Gasteiger charge is 2.20. The summed E-state index contributed by atoms with van der Waals surface area (Å²) in [6.45, 7) is 0. The molecule has 3 rings (SSSR count). The molecule has 2 aliphatic carbocycles. The van der Waals surface area contributed by atoms with E-state index in [0.717, 1.165) is 31.7 Å². The molecule has 0 aliphatic heterocycles. The van der Waals surface area contributed by atoms with Crippen LogP contribution in [0.4, 0.5) is 11.4 Å². The summed E-state index contributed by atoms with van der Waals surface area (Å²) in [6, 6.07) is 4.75. The van der Waals surface area contributed by atoms with Crippen molar-refractivity contribution >= 4 is 17.3 Å². The SMILES string of the molecule is NC1CCCCC1.O=C(O)c1ccc(NC2CCCCC2)c([N+](=O)[O-])c1. The van der Waals surface area contributed by atoms with Gasteiger partial charge in [0.2, 0.25) is 0 Å². The minimum absolute atomic E-state index is 0.0686. The molecule has 0 unspecified atom stereocenters. The molecule has 0 bridgehead atoms. The minimum Gasteiger partial charge on any atom is -0.478 e. The summed E-state index contributed by atoms with van der Waals surface area (Å²) in [4.78, 5) is 21.3. The molecule has 1 aromatic carbocycles. The van der Waals surface area contributed by atoms with Crippen LogP contribution in [-0.4, -0.2) is 28.1 Å². The molecule has 7 nitrogen and oxygen atoms in total. The van der Waals surface area contributed by atoms with Crippen molar-refractivity contribution in [1.82, 2.24) is 0 Å². The molecular weight excluding hydrogens is 334 g/mol. The van der Waals surface area contributed by atoms with Crippen LogP contribution in [0.3, 0.4) is 0 Å². The summed E-state index contributed by atoms with van der Waals surface area (Å²) in [6.07, 6.45) is 12.1. The molecule has 0 aromatic heterocycles. The Morgan fingerprint density at radius 2 is 1.65 bits per heavy atom. The van der Waals surface area contributed by atoms with Crippen LogP contribution in [0.2, 0.25) is 0 Å². The Bertz CT molecular complexity index is 609. The predicted molar refractivity (Wildman–Crippen MR) is 102 cm³/mol. The lowest BCUT2D eigenvalue weighted by molar-refractivity contribution is -0.384. The number of nitrogens with one attached hydrogen (secondary N) is 1. The summed E-state index contributed by atoms with van der Waals surface area (Å²) in [5.41, 5.74) is 5.80. The number of rotatable bonds is 4. The summed E-state index contributed by atoms with van der Waals surface area (Å²) < 4.78 is 0. The highest BCUT2D eigenvalue weighted by molar-refractivity contribution is 5.89. The van der Waals surface area contributed by atoms with Crippen molar-refractivity contribution in [2.45, 2.75) is 76.3 Å². The third kappa shape index (κ3) is 6.29. The quantitative estimate of drug-likeness (QED) is 0.541. The van der Waals surface area contributed by atoms with Crippen LogP contribution in [0, 0.1) is 10.1 Å². The topological polar surface area (TPSA) is 118 Å². The molecule has 0 spiro atoms. The van der Waals surface area contributed by atoms with Gasteiger partial charge in [-0.2, -0.15) is 0 Å². The number of nitrogens with zero attached hydrogens (tertiary/aromatic N) is 1. The third-order valence-electron chi connectivity index (χ3n) is 5.06. The number of nitro groups is 1. The Kier molecular flexibility index (Phi) is 7.84. The zero-order chi connectivity index (χ0) is 18.9. The van der Waals surface area contributed by atoms with Crippen molar-refractivity contribution in [2.24, 2.45) is 5.73 Å². The molecule has 0 radical (unpaired) electrons. The van der Waals surface area contributed by atoms with Crippen LogP contribution >= 0.6 is 0 Å². The number of anilines is 1. The Morgan fingerprint density at radius 1 is 1.08 bits per heavy atom. The van der Waals surface area contributed by atoms with Crippen LogP contribution in [0.15, 0.2) is 18.2 Å². The van der Waals surface area contributed by atoms with Gasteiger partial charge in [-0.1, -0.05) is 38.5 Å². The van der Waals surface area contributed by atoms with Crippen molar-refractivity contribution in [3.8, 4) is 0 Å². The van der Waals surface area contributed by atoms with Crippen molar-refractivity contribution < 1.29 is 14.8 Å². The average Bonchev–Trinajstić information content (AvgIpc) is 2.64. The largest absolute Gasteiger partial charge is 0.478 e. The highest BCUT2D eigenvalue weighted by Crippen LogP contribution is 2.29. The maximum Gasteiger partial charge on any atom is 0.335 e. The molecular formula is C19H29N3O4. The van der Waals surface area contributed by atoms with Gasteiger partial charge in [0.25, 0.3) is 5.69 Å². The zero-order valence-electron chi connectivity index (χ0n) is 15.2. The molecule has 1 aromatic rings. The average molecular weight is 363 g/mol. The lowest BCUT2D eigenvalue weighted by atomic mass is 9.95. The number of carboxylic acids is 1. The van der Waals surface area contributed by atoms with Crippen LogP contribution in [-0.2, 0) is 0 Å². The van der Waals surface area contributed by atoms with E-state index in [1.807, 2.05) is 0 Å². The zero-order valence-corrected chi connectivity index (χ0v) is 15.2. The molecule has 2 aliphatic rings. The van der Waals surface area contributed by atoms with E-state index < -0.39 is 10.9 Å². The first kappa shape index (κ1) is 20.2. The first-order valence-electron chi connectivity index (χ1n) is 9.51. The standard InChI is InChI=1S/C13H16N2O4.C6H13N/c16-13(17)9-6-7-11(12(8-9)15(18)19)14-10-4-2-1-3-5-10;7-6-4-2-1-3-5-6/h6-8,10,14H,1-5H2,(H,16,17);6H,1-5,7H2. The second-order valence-corrected chi connectivity index (χ2v) is 7.17. The highest BCUT2D eigenvalue weighted by atomic mass is 16.6. The van der Waals surface area contributed by atoms with Gasteiger partial charge in [-0.3, -0.25) is 10.1 Å². The monoisotopic (exact) mass is 363 g/mol. The van der Waals surface area contributed by atoms with Gasteiger partial charge in [0.05, 0.1) is 10.5 Å². The summed E-state index contributed by atoms with van der Waals surface area (Å²) in [7, 11) is 0. The van der Waals surface area contributed by atoms with Crippen LogP contribution in [0.1, 0.15) is 74.6 Å². The summed E-state index contributed by atoms with van der Waals surface area (Å²) in [5.74, 6) is -1.16. The van der Waals surface area contributed by atoms with Gasteiger partial charge in [-0.15, -0.1) is 0 Å². The number of nitro benzene ring substituents is 1. The van der Waals surface area contributed by atoms with Crippen molar-refractivity contribution in [3.05, 3.63) is 33.9 Å². The van der Waals surface area contributed by atoms with E-state index in [9.17, 15) is 14.9 Å². The van der Waals surface area contributed by atoms with Gasteiger partial charge >= 0.3 is 5.97 Å². The van der Waals surface area contributed by atoms with Gasteiger partial charge in [-0.25, -0.2) is 4.79 Å². The molecule has 0 atom stereocenters. The van der Waals surface area contributed by atoms with E-state index in [2.05, 4.69) is 5.32 Å². The van der Waals surface area contributed by atoms with Crippen molar-refractivity contribution in [2.75, 3.05) is 5.32 Å². The van der Waals surface area contributed by atoms with E-state index in [-0.39, 0.29) is 17.3 Å². The Morgan fingerprint density at radius 3 is 2.12 bits per heavy atom. The fourth-order valence-electron chi connectivity index (χ4n) is 3.54. The first-order chi connectivity index (χ1) is 12.5. The Hall–Kier alpha value is -2.15. The van der Waals surface area contributed by atoms with Crippen LogP contribution < -0.4 is 11.1 Å². The van der Waals surface area contributed by atoms with Gasteiger partial charge < -0.3 is 16.2 Å². The number of hydrogen-bond acceptors (Lipinski definition) is 5. The van der Waals surface area contributed by atoms with Crippen molar-refractivity contribution in [3.63, 3.8) is 0 Å². The number of nitrogens with two attached hydrogens (primary N) is 1. The molecule has 26 heavy (non-hydrogen) atoms. The smallest absolute Gasteiger partial charge is 0.335 e. The Labute approximate surface area is 154 Å². The van der Waals surface area contributed by atoms with E-state index in [0.29, 0.717) is 11.7 Å². The number of carbonyl (C=O) groups is 1. The fraction of sp³-hybridized carbons (Fsp3) is 0.632. The summed E-state index contributed by atoms with van der Waals surface area (Å²) >= 11 is 0. The molecule has 0 amide bonds. The first-order valence-corrected chi connectivity index (χ1v) is 9.51. The maximum atomic E-state index is 11.0. The van der Waals surface area contributed by atoms with Crippen LogP contribution in [0.25, 0.3) is 0 Å². The van der Waals surface area contributed by atoms with Crippen molar-refractivity contribution in [1.29, 1.82) is 0 Å². The number of carboxylic acid groups (broad SMARTS) is 1. The molecule has 2 saturated carbocycles. The number of benzene rings is 1. The molecule has 7 heteroatoms. The van der Waals surface area contributed by atoms with E-state index in [1.165, 1.54) is 50.7 Å². The molecule has 0 saturated heterocycles. The molecule has 4 N–H and O–H groups in total. The van der Waals surface area contributed by atoms with Crippen LogP contribution in [0.5, 0.6) is 0 Å². The van der Waals surface area contributed by atoms with Gasteiger partial charge in [0.15, 0.2) is 0 Å². The van der Waals surface area contributed by atoms with E-state index >= 15 is 0 Å². The second kappa shape index (κ2) is 10.1. The minimum atomic E-state index is -1.16. The van der Waals surface area contributed by atoms with E-state index in [1.54, 1.807) is 0 Å². The third-order valence-corrected chi connectivity index (χ3v) is 5.06.